The van der Waals surface area contributed by atoms with E-state index in [0.29, 0.717) is 6.42 Å². The lowest BCUT2D eigenvalue weighted by molar-refractivity contribution is -0.123. The fraction of sp³-hybridized carbons (Fsp3) is 0.750. The standard InChI is InChI=1S/C8H15NO3/c1-8(2,3)4-6(10)5-12-7(9)11/h4-5H2,1-3H3,(H2,9,11). The minimum Gasteiger partial charge on any atom is -0.442 e. The highest BCUT2D eigenvalue weighted by Gasteiger charge is 2.16. The normalized spacial score (nSPS) is 10.9. The van der Waals surface area contributed by atoms with Gasteiger partial charge in [-0.3, -0.25) is 4.79 Å². The van der Waals surface area contributed by atoms with Crippen LogP contribution in [0.5, 0.6) is 0 Å². The third-order valence-corrected chi connectivity index (χ3v) is 1.10. The van der Waals surface area contributed by atoms with Crippen molar-refractivity contribution in [2.24, 2.45) is 11.1 Å². The molecular formula is C8H15NO3. The van der Waals surface area contributed by atoms with Gasteiger partial charge < -0.3 is 10.5 Å². The van der Waals surface area contributed by atoms with Gasteiger partial charge in [0.05, 0.1) is 0 Å². The van der Waals surface area contributed by atoms with Gasteiger partial charge in [-0.2, -0.15) is 0 Å². The molecule has 0 rings (SSSR count). The molecule has 12 heavy (non-hydrogen) atoms. The predicted octanol–water partition coefficient (Wildman–Crippen LogP) is 1.09. The predicted molar refractivity (Wildman–Crippen MR) is 44.6 cm³/mol. The highest BCUT2D eigenvalue weighted by Crippen LogP contribution is 2.18. The van der Waals surface area contributed by atoms with Gasteiger partial charge in [-0.05, 0) is 5.41 Å². The van der Waals surface area contributed by atoms with Gasteiger partial charge in [0.2, 0.25) is 0 Å². The van der Waals surface area contributed by atoms with Crippen LogP contribution in [0.3, 0.4) is 0 Å². The van der Waals surface area contributed by atoms with Crippen molar-refractivity contribution in [3.8, 4) is 0 Å². The molecule has 4 heteroatoms. The molecule has 0 aliphatic rings. The molecule has 0 fully saturated rings. The molecule has 0 radical (unpaired) electrons. The van der Waals surface area contributed by atoms with Crippen molar-refractivity contribution < 1.29 is 14.3 Å². The summed E-state index contributed by atoms with van der Waals surface area (Å²) in [5.41, 5.74) is 4.62. The highest BCUT2D eigenvalue weighted by molar-refractivity contribution is 5.82. The maximum Gasteiger partial charge on any atom is 0.404 e. The first-order valence-electron chi connectivity index (χ1n) is 3.75. The summed E-state index contributed by atoms with van der Waals surface area (Å²) in [6, 6.07) is 0. The van der Waals surface area contributed by atoms with Crippen LogP contribution in [0.15, 0.2) is 0 Å². The van der Waals surface area contributed by atoms with Gasteiger partial charge in [0, 0.05) is 6.42 Å². The smallest absolute Gasteiger partial charge is 0.404 e. The molecule has 0 aliphatic carbocycles. The Bertz CT molecular complexity index is 181. The van der Waals surface area contributed by atoms with Crippen molar-refractivity contribution in [2.75, 3.05) is 6.61 Å². The van der Waals surface area contributed by atoms with Crippen molar-refractivity contribution in [3.05, 3.63) is 0 Å². The van der Waals surface area contributed by atoms with E-state index in [1.54, 1.807) is 0 Å². The van der Waals surface area contributed by atoms with E-state index in [1.807, 2.05) is 20.8 Å². The van der Waals surface area contributed by atoms with Crippen molar-refractivity contribution in [3.63, 3.8) is 0 Å². The SMILES string of the molecule is CC(C)(C)CC(=O)COC(N)=O. The number of Topliss-reactive ketones (excluding diaryl/α,β-unsaturated/α-hetero) is 1. The third-order valence-electron chi connectivity index (χ3n) is 1.10. The fourth-order valence-corrected chi connectivity index (χ4v) is 0.794. The topological polar surface area (TPSA) is 69.4 Å². The van der Waals surface area contributed by atoms with E-state index in [1.165, 1.54) is 0 Å². The van der Waals surface area contributed by atoms with Gasteiger partial charge in [-0.1, -0.05) is 20.8 Å². The van der Waals surface area contributed by atoms with Gasteiger partial charge in [0.25, 0.3) is 0 Å². The second kappa shape index (κ2) is 4.09. The van der Waals surface area contributed by atoms with E-state index in [0.717, 1.165) is 0 Å². The Labute approximate surface area is 72.1 Å². The Hall–Kier alpha value is -1.06. The fourth-order valence-electron chi connectivity index (χ4n) is 0.794. The molecule has 4 nitrogen and oxygen atoms in total. The van der Waals surface area contributed by atoms with Crippen LogP contribution < -0.4 is 5.73 Å². The maximum atomic E-state index is 11.0. The summed E-state index contributed by atoms with van der Waals surface area (Å²) in [5.74, 6) is -0.110. The van der Waals surface area contributed by atoms with E-state index >= 15 is 0 Å². The molecule has 2 N–H and O–H groups in total. The number of nitrogens with two attached hydrogens (primary N) is 1. The number of carbonyl (C=O) groups excluding carboxylic acids is 2. The van der Waals surface area contributed by atoms with Crippen LogP contribution in [-0.4, -0.2) is 18.5 Å². The Morgan fingerprint density at radius 3 is 2.17 bits per heavy atom. The maximum absolute atomic E-state index is 11.0. The molecule has 0 aromatic carbocycles. The molecule has 0 saturated heterocycles. The van der Waals surface area contributed by atoms with Crippen LogP contribution in [-0.2, 0) is 9.53 Å². The average molecular weight is 173 g/mol. The molecule has 0 spiro atoms. The summed E-state index contributed by atoms with van der Waals surface area (Å²) < 4.78 is 4.34. The summed E-state index contributed by atoms with van der Waals surface area (Å²) in [6.07, 6.45) is -0.516. The molecule has 0 aliphatic heterocycles. The lowest BCUT2D eigenvalue weighted by Crippen LogP contribution is -2.22. The number of amides is 1. The number of carbonyl (C=O) groups is 2. The van der Waals surface area contributed by atoms with Crippen molar-refractivity contribution in [1.82, 2.24) is 0 Å². The number of ether oxygens (including phenoxy) is 1. The van der Waals surface area contributed by atoms with Gasteiger partial charge in [-0.25, -0.2) is 4.79 Å². The van der Waals surface area contributed by atoms with Crippen molar-refractivity contribution in [2.45, 2.75) is 27.2 Å². The van der Waals surface area contributed by atoms with Crippen molar-refractivity contribution >= 4 is 11.9 Å². The zero-order valence-corrected chi connectivity index (χ0v) is 7.72. The molecule has 0 heterocycles. The van der Waals surface area contributed by atoms with Crippen molar-refractivity contribution in [1.29, 1.82) is 0 Å². The second-order valence-electron chi connectivity index (χ2n) is 3.88. The number of hydrogen-bond donors (Lipinski definition) is 1. The number of rotatable bonds is 3. The van der Waals surface area contributed by atoms with Crippen LogP contribution in [0.4, 0.5) is 4.79 Å². The van der Waals surface area contributed by atoms with Gasteiger partial charge in [0.15, 0.2) is 12.4 Å². The number of ketones is 1. The lowest BCUT2D eigenvalue weighted by Gasteiger charge is -2.16. The molecule has 0 atom stereocenters. The van der Waals surface area contributed by atoms with Gasteiger partial charge in [0.1, 0.15) is 0 Å². The van der Waals surface area contributed by atoms with Crippen LogP contribution in [0.1, 0.15) is 27.2 Å². The molecule has 0 bridgehead atoms. The third kappa shape index (κ3) is 7.05. The summed E-state index contributed by atoms with van der Waals surface area (Å²) in [4.78, 5) is 21.1. The Morgan fingerprint density at radius 1 is 1.33 bits per heavy atom. The zero-order valence-electron chi connectivity index (χ0n) is 7.72. The van der Waals surface area contributed by atoms with Crippen LogP contribution in [0.2, 0.25) is 0 Å². The number of hydrogen-bond acceptors (Lipinski definition) is 3. The summed E-state index contributed by atoms with van der Waals surface area (Å²) in [5, 5.41) is 0. The lowest BCUT2D eigenvalue weighted by atomic mass is 9.90. The quantitative estimate of drug-likeness (QED) is 0.694. The first kappa shape index (κ1) is 10.9. The summed E-state index contributed by atoms with van der Waals surface area (Å²) >= 11 is 0. The van der Waals surface area contributed by atoms with E-state index in [4.69, 9.17) is 5.73 Å². The summed E-state index contributed by atoms with van der Waals surface area (Å²) in [6.45, 7) is 5.60. The van der Waals surface area contributed by atoms with Crippen LogP contribution in [0.25, 0.3) is 0 Å². The molecular weight excluding hydrogens is 158 g/mol. The summed E-state index contributed by atoms with van der Waals surface area (Å²) in [7, 11) is 0. The largest absolute Gasteiger partial charge is 0.442 e. The Balaban J connectivity index is 3.68. The van der Waals surface area contributed by atoms with E-state index < -0.39 is 6.09 Å². The molecule has 0 aromatic rings. The Morgan fingerprint density at radius 2 is 1.83 bits per heavy atom. The highest BCUT2D eigenvalue weighted by atomic mass is 16.5. The second-order valence-corrected chi connectivity index (χ2v) is 3.88. The number of primary amides is 1. The molecule has 0 aromatic heterocycles. The first-order valence-corrected chi connectivity index (χ1v) is 3.75. The zero-order chi connectivity index (χ0) is 9.78. The minimum absolute atomic E-state index is 0.0713. The Kier molecular flexibility index (Phi) is 3.73. The molecule has 1 amide bonds. The first-order chi connectivity index (χ1) is 5.31. The van der Waals surface area contributed by atoms with Gasteiger partial charge in [-0.15, -0.1) is 0 Å². The molecule has 0 unspecified atom stereocenters. The monoisotopic (exact) mass is 173 g/mol. The van der Waals surface area contributed by atoms with Crippen LogP contribution >= 0.6 is 0 Å². The minimum atomic E-state index is -0.905. The van der Waals surface area contributed by atoms with E-state index in [2.05, 4.69) is 4.74 Å². The van der Waals surface area contributed by atoms with E-state index in [9.17, 15) is 9.59 Å². The molecule has 0 saturated carbocycles. The van der Waals surface area contributed by atoms with E-state index in [-0.39, 0.29) is 17.8 Å². The van der Waals surface area contributed by atoms with Crippen LogP contribution in [0, 0.1) is 5.41 Å². The van der Waals surface area contributed by atoms with Gasteiger partial charge >= 0.3 is 6.09 Å². The average Bonchev–Trinajstić information content (AvgIpc) is 1.79. The molecule has 70 valence electrons.